The Kier molecular flexibility index (Phi) is 10.4. The fourth-order valence-corrected chi connectivity index (χ4v) is 2.77. The second-order valence-corrected chi connectivity index (χ2v) is 7.07. The van der Waals surface area contributed by atoms with Crippen LogP contribution in [0.1, 0.15) is 23.9 Å². The monoisotopic (exact) mass is 539 g/mol. The zero-order chi connectivity index (χ0) is 21.4. The van der Waals surface area contributed by atoms with Gasteiger partial charge in [-0.3, -0.25) is 9.67 Å². The summed E-state index contributed by atoms with van der Waals surface area (Å²) in [6.45, 7) is 6.89. The van der Waals surface area contributed by atoms with Gasteiger partial charge in [0.15, 0.2) is 12.6 Å². The van der Waals surface area contributed by atoms with Crippen LogP contribution in [0.2, 0.25) is 0 Å². The molecule has 1 aromatic heterocycles. The second kappa shape index (κ2) is 12.0. The van der Waals surface area contributed by atoms with E-state index in [0.717, 1.165) is 30.0 Å². The Balaban J connectivity index is 0.00000450. The predicted molar refractivity (Wildman–Crippen MR) is 122 cm³/mol. The first-order chi connectivity index (χ1) is 13.7. The molecule has 6 nitrogen and oxygen atoms in total. The molecule has 0 aliphatic carbocycles. The van der Waals surface area contributed by atoms with E-state index in [1.807, 2.05) is 18.5 Å². The van der Waals surface area contributed by atoms with E-state index < -0.39 is 12.8 Å². The molecule has 0 spiro atoms. The highest BCUT2D eigenvalue weighted by Gasteiger charge is 2.28. The number of hydrogen-bond donors (Lipinski definition) is 2. The number of halogens is 4. The van der Waals surface area contributed by atoms with Gasteiger partial charge in [0.2, 0.25) is 0 Å². The van der Waals surface area contributed by atoms with Gasteiger partial charge in [0.05, 0.1) is 5.69 Å². The number of guanidine groups is 1. The zero-order valence-electron chi connectivity index (χ0n) is 17.6. The van der Waals surface area contributed by atoms with E-state index in [9.17, 15) is 13.2 Å². The number of aryl methyl sites for hydroxylation is 2. The summed E-state index contributed by atoms with van der Waals surface area (Å²) >= 11 is 0. The minimum absolute atomic E-state index is 0. The molecule has 0 saturated heterocycles. The maximum Gasteiger partial charge on any atom is 0.422 e. The third-order valence-electron chi connectivity index (χ3n) is 4.22. The molecule has 1 unspecified atom stereocenters. The summed E-state index contributed by atoms with van der Waals surface area (Å²) in [4.78, 5) is 4.20. The molecule has 0 saturated carbocycles. The predicted octanol–water partition coefficient (Wildman–Crippen LogP) is 4.06. The lowest BCUT2D eigenvalue weighted by Gasteiger charge is -2.17. The van der Waals surface area contributed by atoms with Gasteiger partial charge in [0, 0.05) is 32.4 Å². The van der Waals surface area contributed by atoms with Crippen LogP contribution in [0, 0.1) is 19.8 Å². The van der Waals surface area contributed by atoms with Crippen molar-refractivity contribution >= 4 is 29.9 Å². The summed E-state index contributed by atoms with van der Waals surface area (Å²) in [5.74, 6) is 1.19. The van der Waals surface area contributed by atoms with E-state index in [4.69, 9.17) is 4.74 Å². The van der Waals surface area contributed by atoms with E-state index in [2.05, 4.69) is 33.7 Å². The number of ether oxygens (including phenoxy) is 1. The standard InChI is InChI=1S/C20H28F3N5O.HI/c1-14(12-28-16(3)9-15(2)27-28)10-25-19(24-4)26-11-17-5-7-18(8-6-17)29-13-20(21,22)23;/h5-9,14H,10-13H2,1-4H3,(H2,24,25,26);1H. The maximum absolute atomic E-state index is 12.2. The summed E-state index contributed by atoms with van der Waals surface area (Å²) in [5.41, 5.74) is 3.05. The molecule has 0 amide bonds. The summed E-state index contributed by atoms with van der Waals surface area (Å²) in [6, 6.07) is 8.54. The van der Waals surface area contributed by atoms with Gasteiger partial charge in [0.1, 0.15) is 5.75 Å². The third-order valence-corrected chi connectivity index (χ3v) is 4.22. The van der Waals surface area contributed by atoms with Crippen LogP contribution in [-0.2, 0) is 13.1 Å². The number of rotatable bonds is 8. The average Bonchev–Trinajstić information content (AvgIpc) is 2.97. The summed E-state index contributed by atoms with van der Waals surface area (Å²) in [6.07, 6.45) is -4.34. The van der Waals surface area contributed by atoms with Crippen LogP contribution < -0.4 is 15.4 Å². The SMILES string of the molecule is CN=C(NCc1ccc(OCC(F)(F)F)cc1)NCC(C)Cn1nc(C)cc1C.I. The first-order valence-corrected chi connectivity index (χ1v) is 9.40. The van der Waals surface area contributed by atoms with Crippen LogP contribution in [0.3, 0.4) is 0 Å². The van der Waals surface area contributed by atoms with Crippen molar-refractivity contribution < 1.29 is 17.9 Å². The van der Waals surface area contributed by atoms with Crippen molar-refractivity contribution in [2.24, 2.45) is 10.9 Å². The highest BCUT2D eigenvalue weighted by atomic mass is 127. The topological polar surface area (TPSA) is 63.5 Å². The van der Waals surface area contributed by atoms with Gasteiger partial charge in [0.25, 0.3) is 0 Å². The van der Waals surface area contributed by atoms with E-state index >= 15 is 0 Å². The molecule has 2 aromatic rings. The van der Waals surface area contributed by atoms with Crippen LogP contribution >= 0.6 is 24.0 Å². The summed E-state index contributed by atoms with van der Waals surface area (Å²) in [5, 5.41) is 11.0. The molecule has 168 valence electrons. The number of hydrogen-bond acceptors (Lipinski definition) is 3. The van der Waals surface area contributed by atoms with Gasteiger partial charge in [-0.25, -0.2) is 0 Å². The lowest BCUT2D eigenvalue weighted by Crippen LogP contribution is -2.39. The molecule has 2 rings (SSSR count). The Morgan fingerprint density at radius 3 is 2.40 bits per heavy atom. The first kappa shape index (κ1) is 26.1. The largest absolute Gasteiger partial charge is 0.484 e. The highest BCUT2D eigenvalue weighted by molar-refractivity contribution is 14.0. The lowest BCUT2D eigenvalue weighted by atomic mass is 10.2. The molecular weight excluding hydrogens is 510 g/mol. The molecule has 1 aromatic carbocycles. The van der Waals surface area contributed by atoms with Crippen LogP contribution in [-0.4, -0.2) is 42.1 Å². The molecule has 1 heterocycles. The van der Waals surface area contributed by atoms with Gasteiger partial charge in [-0.05, 0) is 43.5 Å². The Morgan fingerprint density at radius 2 is 1.87 bits per heavy atom. The van der Waals surface area contributed by atoms with Gasteiger partial charge in [-0.1, -0.05) is 19.1 Å². The molecule has 1 atom stereocenters. The molecule has 0 bridgehead atoms. The van der Waals surface area contributed by atoms with Gasteiger partial charge < -0.3 is 15.4 Å². The zero-order valence-corrected chi connectivity index (χ0v) is 19.9. The molecule has 0 aliphatic rings. The van der Waals surface area contributed by atoms with E-state index in [1.165, 1.54) is 12.1 Å². The third kappa shape index (κ3) is 9.23. The minimum Gasteiger partial charge on any atom is -0.484 e. The molecule has 0 aliphatic heterocycles. The number of aliphatic imine (C=N–C) groups is 1. The molecule has 2 N–H and O–H groups in total. The van der Waals surface area contributed by atoms with E-state index in [-0.39, 0.29) is 29.7 Å². The molecule has 0 fully saturated rings. The van der Waals surface area contributed by atoms with Crippen molar-refractivity contribution in [3.63, 3.8) is 0 Å². The van der Waals surface area contributed by atoms with Crippen molar-refractivity contribution in [3.8, 4) is 5.75 Å². The van der Waals surface area contributed by atoms with Crippen molar-refractivity contribution in [3.05, 3.63) is 47.3 Å². The summed E-state index contributed by atoms with van der Waals surface area (Å²) < 4.78 is 43.3. The van der Waals surface area contributed by atoms with Crippen LogP contribution in [0.15, 0.2) is 35.3 Å². The summed E-state index contributed by atoms with van der Waals surface area (Å²) in [7, 11) is 1.69. The number of aromatic nitrogens is 2. The Bertz CT molecular complexity index is 806. The smallest absolute Gasteiger partial charge is 0.422 e. The van der Waals surface area contributed by atoms with Crippen molar-refractivity contribution in [1.82, 2.24) is 20.4 Å². The van der Waals surface area contributed by atoms with E-state index in [0.29, 0.717) is 18.4 Å². The average molecular weight is 539 g/mol. The number of benzene rings is 1. The Hall–Kier alpha value is -1.98. The molecule has 30 heavy (non-hydrogen) atoms. The molecular formula is C20H29F3IN5O. The Morgan fingerprint density at radius 1 is 1.20 bits per heavy atom. The molecule has 0 radical (unpaired) electrons. The number of nitrogens with one attached hydrogen (secondary N) is 2. The van der Waals surface area contributed by atoms with Crippen molar-refractivity contribution in [2.75, 3.05) is 20.2 Å². The Labute approximate surface area is 192 Å². The van der Waals surface area contributed by atoms with Crippen LogP contribution in [0.5, 0.6) is 5.75 Å². The van der Waals surface area contributed by atoms with Crippen molar-refractivity contribution in [2.45, 2.75) is 40.0 Å². The van der Waals surface area contributed by atoms with Crippen LogP contribution in [0.25, 0.3) is 0 Å². The van der Waals surface area contributed by atoms with Gasteiger partial charge in [-0.15, -0.1) is 24.0 Å². The lowest BCUT2D eigenvalue weighted by molar-refractivity contribution is -0.153. The number of alkyl halides is 3. The fourth-order valence-electron chi connectivity index (χ4n) is 2.77. The molecule has 10 heteroatoms. The van der Waals surface area contributed by atoms with E-state index in [1.54, 1.807) is 19.2 Å². The normalized spacial score (nSPS) is 12.8. The van der Waals surface area contributed by atoms with Gasteiger partial charge in [-0.2, -0.15) is 18.3 Å². The maximum atomic E-state index is 12.2. The van der Waals surface area contributed by atoms with Crippen LogP contribution in [0.4, 0.5) is 13.2 Å². The second-order valence-electron chi connectivity index (χ2n) is 7.07. The first-order valence-electron chi connectivity index (χ1n) is 9.40. The minimum atomic E-state index is -4.34. The quantitative estimate of drug-likeness (QED) is 0.302. The fraction of sp³-hybridized carbons (Fsp3) is 0.500. The number of nitrogens with zero attached hydrogens (tertiary/aromatic N) is 3. The highest BCUT2D eigenvalue weighted by Crippen LogP contribution is 2.18. The van der Waals surface area contributed by atoms with Gasteiger partial charge >= 0.3 is 6.18 Å². The van der Waals surface area contributed by atoms with Crippen molar-refractivity contribution in [1.29, 1.82) is 0 Å².